The largest absolute Gasteiger partial charge is 0.489 e. The fourth-order valence-electron chi connectivity index (χ4n) is 1.60. The molecule has 2 aromatic carbocycles. The molecule has 0 bridgehead atoms. The van der Waals surface area contributed by atoms with Crippen molar-refractivity contribution in [3.8, 4) is 17.6 Å². The third kappa shape index (κ3) is 3.99. The van der Waals surface area contributed by atoms with Crippen LogP contribution in [0, 0.1) is 17.7 Å². The van der Waals surface area contributed by atoms with E-state index in [0.717, 1.165) is 5.56 Å². The van der Waals surface area contributed by atoms with E-state index in [4.69, 9.17) is 22.1 Å². The number of halogens is 2. The topological polar surface area (TPSA) is 35.2 Å². The molecule has 0 aliphatic carbocycles. The zero-order valence-corrected chi connectivity index (χ0v) is 11.5. The van der Waals surface area contributed by atoms with Gasteiger partial charge in [0.05, 0.1) is 6.54 Å². The summed E-state index contributed by atoms with van der Waals surface area (Å²) in [6.07, 6.45) is 0. The number of ether oxygens (including phenoxy) is 1. The lowest BCUT2D eigenvalue weighted by molar-refractivity contribution is 0.305. The molecule has 0 amide bonds. The van der Waals surface area contributed by atoms with Crippen molar-refractivity contribution in [2.45, 2.75) is 6.61 Å². The Morgan fingerprint density at radius 2 is 1.90 bits per heavy atom. The van der Waals surface area contributed by atoms with E-state index in [0.29, 0.717) is 22.9 Å². The number of hydrogen-bond acceptors (Lipinski definition) is 2. The Hall–Kier alpha value is -2.02. The fourth-order valence-corrected chi connectivity index (χ4v) is 1.77. The summed E-state index contributed by atoms with van der Waals surface area (Å²) in [5.74, 6) is 6.03. The highest BCUT2D eigenvalue weighted by Gasteiger charge is 2.03. The SMILES string of the molecule is NCC#Cc1ccc(OCc2cc(F)ccc2Cl)cc1. The average Bonchev–Trinajstić information content (AvgIpc) is 2.47. The van der Waals surface area contributed by atoms with E-state index < -0.39 is 0 Å². The molecule has 0 saturated carbocycles. The van der Waals surface area contributed by atoms with Crippen LogP contribution in [0.3, 0.4) is 0 Å². The molecule has 0 atom stereocenters. The third-order valence-electron chi connectivity index (χ3n) is 2.59. The Balaban J connectivity index is 2.02. The van der Waals surface area contributed by atoms with E-state index in [1.165, 1.54) is 18.2 Å². The van der Waals surface area contributed by atoms with Crippen molar-refractivity contribution in [1.29, 1.82) is 0 Å². The van der Waals surface area contributed by atoms with Crippen LogP contribution in [0.15, 0.2) is 42.5 Å². The second kappa shape index (κ2) is 6.95. The van der Waals surface area contributed by atoms with Gasteiger partial charge in [0, 0.05) is 16.1 Å². The summed E-state index contributed by atoms with van der Waals surface area (Å²) >= 11 is 5.97. The summed E-state index contributed by atoms with van der Waals surface area (Å²) in [5, 5.41) is 0.483. The van der Waals surface area contributed by atoms with Crippen molar-refractivity contribution < 1.29 is 9.13 Å². The molecular weight excluding hydrogens is 277 g/mol. The number of rotatable bonds is 3. The Kier molecular flexibility index (Phi) is 5.00. The van der Waals surface area contributed by atoms with Gasteiger partial charge in [0.25, 0.3) is 0 Å². The van der Waals surface area contributed by atoms with Crippen molar-refractivity contribution in [2.24, 2.45) is 5.73 Å². The van der Waals surface area contributed by atoms with Gasteiger partial charge in [0.15, 0.2) is 0 Å². The molecule has 0 radical (unpaired) electrons. The highest BCUT2D eigenvalue weighted by molar-refractivity contribution is 6.31. The van der Waals surface area contributed by atoms with Gasteiger partial charge in [-0.25, -0.2) is 4.39 Å². The quantitative estimate of drug-likeness (QED) is 0.879. The molecule has 20 heavy (non-hydrogen) atoms. The second-order valence-electron chi connectivity index (χ2n) is 4.05. The van der Waals surface area contributed by atoms with Crippen LogP contribution in [0.25, 0.3) is 0 Å². The van der Waals surface area contributed by atoms with E-state index in [9.17, 15) is 4.39 Å². The van der Waals surface area contributed by atoms with Crippen LogP contribution in [0.5, 0.6) is 5.75 Å². The molecule has 0 aliphatic rings. The van der Waals surface area contributed by atoms with Crippen LogP contribution < -0.4 is 10.5 Å². The lowest BCUT2D eigenvalue weighted by Gasteiger charge is -2.08. The minimum absolute atomic E-state index is 0.213. The minimum Gasteiger partial charge on any atom is -0.489 e. The van der Waals surface area contributed by atoms with E-state index in [-0.39, 0.29) is 12.4 Å². The molecule has 0 aliphatic heterocycles. The molecule has 0 saturated heterocycles. The maximum absolute atomic E-state index is 13.1. The summed E-state index contributed by atoms with van der Waals surface area (Å²) < 4.78 is 18.7. The molecule has 2 aromatic rings. The lowest BCUT2D eigenvalue weighted by Crippen LogP contribution is -1.97. The van der Waals surface area contributed by atoms with Crippen molar-refractivity contribution in [1.82, 2.24) is 0 Å². The van der Waals surface area contributed by atoms with Gasteiger partial charge in [-0.1, -0.05) is 23.4 Å². The van der Waals surface area contributed by atoms with Gasteiger partial charge >= 0.3 is 0 Å². The smallest absolute Gasteiger partial charge is 0.123 e. The molecule has 2 nitrogen and oxygen atoms in total. The van der Waals surface area contributed by atoms with Crippen LogP contribution in [-0.4, -0.2) is 6.54 Å². The molecular formula is C16H13ClFNO. The monoisotopic (exact) mass is 289 g/mol. The van der Waals surface area contributed by atoms with Crippen LogP contribution in [0.4, 0.5) is 4.39 Å². The average molecular weight is 290 g/mol. The molecule has 102 valence electrons. The molecule has 0 spiro atoms. The summed E-state index contributed by atoms with van der Waals surface area (Å²) in [6.45, 7) is 0.542. The van der Waals surface area contributed by atoms with Crippen molar-refractivity contribution in [2.75, 3.05) is 6.54 Å². The van der Waals surface area contributed by atoms with Crippen LogP contribution in [-0.2, 0) is 6.61 Å². The van der Waals surface area contributed by atoms with Crippen LogP contribution in [0.2, 0.25) is 5.02 Å². The minimum atomic E-state index is -0.333. The Morgan fingerprint density at radius 3 is 2.60 bits per heavy atom. The van der Waals surface area contributed by atoms with Gasteiger partial charge in [-0.15, -0.1) is 0 Å². The van der Waals surface area contributed by atoms with Crippen LogP contribution in [0.1, 0.15) is 11.1 Å². The maximum atomic E-state index is 13.1. The molecule has 0 heterocycles. The van der Waals surface area contributed by atoms with Crippen molar-refractivity contribution >= 4 is 11.6 Å². The maximum Gasteiger partial charge on any atom is 0.123 e. The Labute approximate surface area is 122 Å². The standard InChI is InChI=1S/C16H13ClFNO/c17-16-8-5-14(18)10-13(16)11-20-15-6-3-12(4-7-15)2-1-9-19/h3-8,10H,9,11,19H2. The zero-order valence-electron chi connectivity index (χ0n) is 10.7. The number of benzene rings is 2. The first kappa shape index (κ1) is 14.4. The normalized spacial score (nSPS) is 9.75. The van der Waals surface area contributed by atoms with E-state index in [1.54, 1.807) is 12.1 Å². The van der Waals surface area contributed by atoms with E-state index in [2.05, 4.69) is 11.8 Å². The van der Waals surface area contributed by atoms with Gasteiger partial charge in [0.1, 0.15) is 18.2 Å². The van der Waals surface area contributed by atoms with E-state index >= 15 is 0 Å². The molecule has 0 unspecified atom stereocenters. The molecule has 0 fully saturated rings. The first-order valence-corrected chi connectivity index (χ1v) is 6.42. The van der Waals surface area contributed by atoms with Gasteiger partial charge in [-0.2, -0.15) is 0 Å². The van der Waals surface area contributed by atoms with Crippen molar-refractivity contribution in [3.63, 3.8) is 0 Å². The van der Waals surface area contributed by atoms with Crippen molar-refractivity contribution in [3.05, 3.63) is 64.4 Å². The summed E-state index contributed by atoms with van der Waals surface area (Å²) in [7, 11) is 0. The zero-order chi connectivity index (χ0) is 14.4. The first-order chi connectivity index (χ1) is 9.69. The number of nitrogens with two attached hydrogens (primary N) is 1. The summed E-state index contributed by atoms with van der Waals surface area (Å²) in [6, 6.07) is 11.5. The first-order valence-electron chi connectivity index (χ1n) is 6.05. The highest BCUT2D eigenvalue weighted by atomic mass is 35.5. The predicted octanol–water partition coefficient (Wildman–Crippen LogP) is 3.37. The Bertz CT molecular complexity index is 644. The summed E-state index contributed by atoms with van der Waals surface area (Å²) in [4.78, 5) is 0. The fraction of sp³-hybridized carbons (Fsp3) is 0.125. The summed E-state index contributed by atoms with van der Waals surface area (Å²) in [5.41, 5.74) is 6.78. The predicted molar refractivity (Wildman–Crippen MR) is 78.1 cm³/mol. The van der Waals surface area contributed by atoms with Gasteiger partial charge in [-0.3, -0.25) is 0 Å². The molecule has 0 aromatic heterocycles. The second-order valence-corrected chi connectivity index (χ2v) is 4.46. The third-order valence-corrected chi connectivity index (χ3v) is 2.96. The lowest BCUT2D eigenvalue weighted by atomic mass is 10.2. The highest BCUT2D eigenvalue weighted by Crippen LogP contribution is 2.20. The number of hydrogen-bond donors (Lipinski definition) is 1. The molecule has 2 N–H and O–H groups in total. The molecule has 2 rings (SSSR count). The molecule has 4 heteroatoms. The van der Waals surface area contributed by atoms with Gasteiger partial charge in [0.2, 0.25) is 0 Å². The van der Waals surface area contributed by atoms with E-state index in [1.807, 2.05) is 12.1 Å². The van der Waals surface area contributed by atoms with Crippen LogP contribution >= 0.6 is 11.6 Å². The Morgan fingerprint density at radius 1 is 1.15 bits per heavy atom. The van der Waals surface area contributed by atoms with Gasteiger partial charge in [-0.05, 0) is 42.5 Å². The van der Waals surface area contributed by atoms with Gasteiger partial charge < -0.3 is 10.5 Å².